The van der Waals surface area contributed by atoms with E-state index in [0.29, 0.717) is 12.2 Å². The molecule has 4 nitrogen and oxygen atoms in total. The van der Waals surface area contributed by atoms with E-state index in [1.807, 2.05) is 29.6 Å². The minimum atomic E-state index is -0.203. The molecule has 0 saturated carbocycles. The maximum absolute atomic E-state index is 12.0. The Morgan fingerprint density at radius 3 is 3.00 bits per heavy atom. The van der Waals surface area contributed by atoms with E-state index in [-0.39, 0.29) is 5.91 Å². The fraction of sp³-hybridized carbons (Fsp3) is 0.0769. The van der Waals surface area contributed by atoms with Gasteiger partial charge < -0.3 is 11.1 Å². The number of anilines is 1. The molecule has 3 N–H and O–H groups in total. The highest BCUT2D eigenvalue weighted by Gasteiger charge is 2.10. The average molecular weight is 289 g/mol. The van der Waals surface area contributed by atoms with Crippen LogP contribution < -0.4 is 11.1 Å². The Morgan fingerprint density at radius 1 is 1.32 bits per heavy atom. The van der Waals surface area contributed by atoms with Crippen molar-refractivity contribution in [2.75, 3.05) is 5.32 Å². The summed E-state index contributed by atoms with van der Waals surface area (Å²) in [7, 11) is 0. The number of nitrogens with two attached hydrogens (primary N) is 1. The van der Waals surface area contributed by atoms with Crippen LogP contribution in [0.3, 0.4) is 0 Å². The first-order valence-electron chi connectivity index (χ1n) is 5.69. The van der Waals surface area contributed by atoms with Crippen LogP contribution in [0.5, 0.6) is 0 Å². The molecule has 2 aromatic heterocycles. The molecule has 0 atom stereocenters. The van der Waals surface area contributed by atoms with Crippen molar-refractivity contribution in [3.63, 3.8) is 0 Å². The highest BCUT2D eigenvalue weighted by Crippen LogP contribution is 2.24. The standard InChI is InChI=1S/C13H11N3OS2/c14-6-12-16-10(7-19-12)13(17)15-9-1-2-11-8(5-9)3-4-18-11/h1-5,7H,6,14H2,(H,15,17). The molecule has 0 aliphatic heterocycles. The largest absolute Gasteiger partial charge is 0.325 e. The van der Waals surface area contributed by atoms with E-state index in [0.717, 1.165) is 16.1 Å². The molecule has 0 spiro atoms. The lowest BCUT2D eigenvalue weighted by Gasteiger charge is -2.03. The van der Waals surface area contributed by atoms with Crippen molar-refractivity contribution in [1.29, 1.82) is 0 Å². The maximum atomic E-state index is 12.0. The van der Waals surface area contributed by atoms with Gasteiger partial charge in [-0.05, 0) is 35.0 Å². The van der Waals surface area contributed by atoms with Gasteiger partial charge in [-0.25, -0.2) is 4.98 Å². The maximum Gasteiger partial charge on any atom is 0.275 e. The Hall–Kier alpha value is -1.76. The molecule has 19 heavy (non-hydrogen) atoms. The molecule has 2 heterocycles. The Balaban J connectivity index is 1.81. The van der Waals surface area contributed by atoms with Gasteiger partial charge in [0.15, 0.2) is 0 Å². The van der Waals surface area contributed by atoms with E-state index >= 15 is 0 Å². The number of nitrogens with one attached hydrogen (secondary N) is 1. The molecule has 0 saturated heterocycles. The molecule has 0 radical (unpaired) electrons. The Morgan fingerprint density at radius 2 is 2.21 bits per heavy atom. The summed E-state index contributed by atoms with van der Waals surface area (Å²) in [6.07, 6.45) is 0. The molecule has 0 aliphatic carbocycles. The van der Waals surface area contributed by atoms with Crippen molar-refractivity contribution in [3.05, 3.63) is 45.7 Å². The molecule has 0 aliphatic rings. The summed E-state index contributed by atoms with van der Waals surface area (Å²) in [4.78, 5) is 16.2. The van der Waals surface area contributed by atoms with Gasteiger partial charge in [-0.15, -0.1) is 22.7 Å². The quantitative estimate of drug-likeness (QED) is 0.778. The summed E-state index contributed by atoms with van der Waals surface area (Å²) in [6.45, 7) is 0.360. The van der Waals surface area contributed by atoms with Crippen LogP contribution >= 0.6 is 22.7 Å². The van der Waals surface area contributed by atoms with Crippen molar-refractivity contribution in [3.8, 4) is 0 Å². The van der Waals surface area contributed by atoms with Crippen LogP contribution in [0.25, 0.3) is 10.1 Å². The van der Waals surface area contributed by atoms with Gasteiger partial charge in [0, 0.05) is 22.3 Å². The molecule has 96 valence electrons. The summed E-state index contributed by atoms with van der Waals surface area (Å²) in [5, 5.41) is 8.49. The van der Waals surface area contributed by atoms with Crippen molar-refractivity contribution in [2.45, 2.75) is 6.54 Å². The predicted molar refractivity (Wildman–Crippen MR) is 79.8 cm³/mol. The topological polar surface area (TPSA) is 68.0 Å². The number of hydrogen-bond acceptors (Lipinski definition) is 5. The van der Waals surface area contributed by atoms with Crippen LogP contribution in [0.4, 0.5) is 5.69 Å². The lowest BCUT2D eigenvalue weighted by atomic mass is 10.2. The van der Waals surface area contributed by atoms with E-state index in [1.54, 1.807) is 16.7 Å². The molecular weight excluding hydrogens is 278 g/mol. The number of carbonyl (C=O) groups is 1. The summed E-state index contributed by atoms with van der Waals surface area (Å²) in [5.41, 5.74) is 6.67. The Kier molecular flexibility index (Phi) is 3.29. The first-order valence-corrected chi connectivity index (χ1v) is 7.45. The summed E-state index contributed by atoms with van der Waals surface area (Å²) < 4.78 is 1.21. The monoisotopic (exact) mass is 289 g/mol. The molecular formula is C13H11N3OS2. The van der Waals surface area contributed by atoms with Crippen molar-refractivity contribution in [1.82, 2.24) is 4.98 Å². The van der Waals surface area contributed by atoms with Crippen molar-refractivity contribution >= 4 is 44.4 Å². The van der Waals surface area contributed by atoms with Gasteiger partial charge in [0.2, 0.25) is 0 Å². The number of amides is 1. The summed E-state index contributed by atoms with van der Waals surface area (Å²) >= 11 is 3.08. The summed E-state index contributed by atoms with van der Waals surface area (Å²) in [5.74, 6) is -0.203. The third-order valence-corrected chi connectivity index (χ3v) is 4.44. The van der Waals surface area contributed by atoms with Crippen LogP contribution in [-0.2, 0) is 6.54 Å². The van der Waals surface area contributed by atoms with Crippen LogP contribution in [0, 0.1) is 0 Å². The van der Waals surface area contributed by atoms with Crippen LogP contribution in [0.15, 0.2) is 35.0 Å². The SMILES string of the molecule is NCc1nc(C(=O)Nc2ccc3sccc3c2)cs1. The van der Waals surface area contributed by atoms with Crippen LogP contribution in [0.1, 0.15) is 15.5 Å². The first-order chi connectivity index (χ1) is 9.26. The van der Waals surface area contributed by atoms with Gasteiger partial charge in [0.25, 0.3) is 5.91 Å². The minimum Gasteiger partial charge on any atom is -0.325 e. The van der Waals surface area contributed by atoms with Gasteiger partial charge >= 0.3 is 0 Å². The summed E-state index contributed by atoms with van der Waals surface area (Å²) in [6, 6.07) is 7.89. The molecule has 6 heteroatoms. The van der Waals surface area contributed by atoms with Gasteiger partial charge in [0.1, 0.15) is 10.7 Å². The lowest BCUT2D eigenvalue weighted by Crippen LogP contribution is -2.12. The number of rotatable bonds is 3. The number of aromatic nitrogens is 1. The van der Waals surface area contributed by atoms with E-state index in [9.17, 15) is 4.79 Å². The number of hydrogen-bond donors (Lipinski definition) is 2. The molecule has 1 aromatic carbocycles. The molecule has 0 unspecified atom stereocenters. The van der Waals surface area contributed by atoms with Crippen LogP contribution in [-0.4, -0.2) is 10.9 Å². The van der Waals surface area contributed by atoms with E-state index in [4.69, 9.17) is 5.73 Å². The molecule has 3 aromatic rings. The van der Waals surface area contributed by atoms with Gasteiger partial charge in [-0.1, -0.05) is 0 Å². The first kappa shape index (κ1) is 12.3. The zero-order chi connectivity index (χ0) is 13.2. The number of thiophene rings is 1. The smallest absolute Gasteiger partial charge is 0.275 e. The fourth-order valence-corrected chi connectivity index (χ4v) is 3.17. The predicted octanol–water partition coefficient (Wildman–Crippen LogP) is 3.07. The second kappa shape index (κ2) is 5.08. The normalized spacial score (nSPS) is 10.8. The van der Waals surface area contributed by atoms with E-state index in [2.05, 4.69) is 10.3 Å². The molecule has 0 bridgehead atoms. The number of benzene rings is 1. The third kappa shape index (κ3) is 2.51. The third-order valence-electron chi connectivity index (χ3n) is 2.67. The fourth-order valence-electron chi connectivity index (χ4n) is 1.75. The highest BCUT2D eigenvalue weighted by molar-refractivity contribution is 7.17. The van der Waals surface area contributed by atoms with Gasteiger partial charge in [-0.2, -0.15) is 0 Å². The second-order valence-electron chi connectivity index (χ2n) is 3.96. The van der Waals surface area contributed by atoms with Crippen molar-refractivity contribution in [2.24, 2.45) is 5.73 Å². The number of nitrogens with zero attached hydrogens (tertiary/aromatic N) is 1. The zero-order valence-electron chi connectivity index (χ0n) is 9.92. The minimum absolute atomic E-state index is 0.203. The average Bonchev–Trinajstić information content (AvgIpc) is 3.06. The van der Waals surface area contributed by atoms with Gasteiger partial charge in [0.05, 0.1) is 0 Å². The van der Waals surface area contributed by atoms with E-state index in [1.165, 1.54) is 16.0 Å². The highest BCUT2D eigenvalue weighted by atomic mass is 32.1. The van der Waals surface area contributed by atoms with Crippen LogP contribution in [0.2, 0.25) is 0 Å². The van der Waals surface area contributed by atoms with Crippen molar-refractivity contribution < 1.29 is 4.79 Å². The molecule has 0 fully saturated rings. The Bertz CT molecular complexity index is 732. The number of thiazole rings is 1. The number of carbonyl (C=O) groups excluding carboxylic acids is 1. The Labute approximate surface area is 117 Å². The molecule has 1 amide bonds. The zero-order valence-corrected chi connectivity index (χ0v) is 11.6. The second-order valence-corrected chi connectivity index (χ2v) is 5.85. The molecule has 3 rings (SSSR count). The number of fused-ring (bicyclic) bond motifs is 1. The van der Waals surface area contributed by atoms with E-state index < -0.39 is 0 Å². The van der Waals surface area contributed by atoms with Gasteiger partial charge in [-0.3, -0.25) is 4.79 Å². The lowest BCUT2D eigenvalue weighted by molar-refractivity contribution is 0.102.